The van der Waals surface area contributed by atoms with Gasteiger partial charge in [0.05, 0.1) is 0 Å². The predicted octanol–water partition coefficient (Wildman–Crippen LogP) is 2.04. The number of ether oxygens (including phenoxy) is 1. The lowest BCUT2D eigenvalue weighted by Gasteiger charge is -2.06. The molecule has 0 bridgehead atoms. The van der Waals surface area contributed by atoms with Crippen molar-refractivity contribution in [2.75, 3.05) is 19.7 Å². The van der Waals surface area contributed by atoms with Gasteiger partial charge in [-0.2, -0.15) is 4.98 Å². The van der Waals surface area contributed by atoms with E-state index in [0.29, 0.717) is 6.61 Å². The van der Waals surface area contributed by atoms with Crippen LogP contribution >= 0.6 is 15.9 Å². The summed E-state index contributed by atoms with van der Waals surface area (Å²) in [6.45, 7) is 2.23. The van der Waals surface area contributed by atoms with E-state index in [4.69, 9.17) is 4.74 Å². The fourth-order valence-corrected chi connectivity index (χ4v) is 1.66. The van der Waals surface area contributed by atoms with E-state index < -0.39 is 0 Å². The van der Waals surface area contributed by atoms with Crippen molar-refractivity contribution in [1.82, 2.24) is 15.5 Å². The lowest BCUT2D eigenvalue weighted by molar-refractivity contribution is 0.314. The van der Waals surface area contributed by atoms with E-state index in [9.17, 15) is 0 Å². The highest BCUT2D eigenvalue weighted by Gasteiger charge is 1.97. The van der Waals surface area contributed by atoms with Gasteiger partial charge in [0.1, 0.15) is 12.4 Å². The maximum atomic E-state index is 5.57. The van der Waals surface area contributed by atoms with Gasteiger partial charge in [0.25, 0.3) is 0 Å². The first kappa shape index (κ1) is 13.0. The second kappa shape index (κ2) is 7.13. The summed E-state index contributed by atoms with van der Waals surface area (Å²) >= 11 is 3.38. The minimum Gasteiger partial charge on any atom is -0.492 e. The molecule has 0 spiro atoms. The maximum absolute atomic E-state index is 5.57. The molecule has 0 amide bonds. The molecule has 5 nitrogen and oxygen atoms in total. The van der Waals surface area contributed by atoms with Gasteiger partial charge in [0.15, 0.2) is 5.82 Å². The van der Waals surface area contributed by atoms with Crippen LogP contribution in [0.1, 0.15) is 5.82 Å². The average Bonchev–Trinajstić information content (AvgIpc) is 2.89. The predicted molar refractivity (Wildman–Crippen MR) is 70.5 cm³/mol. The van der Waals surface area contributed by atoms with Crippen LogP contribution in [0.5, 0.6) is 5.75 Å². The lowest BCUT2D eigenvalue weighted by Crippen LogP contribution is -2.23. The Bertz CT molecular complexity index is 445. The minimum atomic E-state index is 0.633. The van der Waals surface area contributed by atoms with Gasteiger partial charge in [-0.25, -0.2) is 0 Å². The number of nitrogens with one attached hydrogen (secondary N) is 1. The quantitative estimate of drug-likeness (QED) is 0.793. The molecular formula is C12H14BrN3O2. The number of aromatic nitrogens is 2. The van der Waals surface area contributed by atoms with E-state index in [1.165, 1.54) is 6.39 Å². The zero-order chi connectivity index (χ0) is 12.6. The van der Waals surface area contributed by atoms with Crippen LogP contribution in [-0.4, -0.2) is 29.8 Å². The second-order valence-corrected chi connectivity index (χ2v) is 4.57. The van der Waals surface area contributed by atoms with Crippen molar-refractivity contribution in [2.45, 2.75) is 6.42 Å². The van der Waals surface area contributed by atoms with Crippen molar-refractivity contribution in [3.8, 4) is 5.75 Å². The van der Waals surface area contributed by atoms with Crippen LogP contribution in [0, 0.1) is 0 Å². The summed E-state index contributed by atoms with van der Waals surface area (Å²) in [7, 11) is 0. The van der Waals surface area contributed by atoms with Crippen LogP contribution in [0.2, 0.25) is 0 Å². The van der Waals surface area contributed by atoms with Crippen LogP contribution in [0.3, 0.4) is 0 Å². The molecule has 0 aliphatic rings. The van der Waals surface area contributed by atoms with Gasteiger partial charge in [0, 0.05) is 24.0 Å². The third-order valence-electron chi connectivity index (χ3n) is 2.29. The van der Waals surface area contributed by atoms with Crippen molar-refractivity contribution < 1.29 is 9.26 Å². The van der Waals surface area contributed by atoms with Crippen molar-refractivity contribution in [3.63, 3.8) is 0 Å². The Morgan fingerprint density at radius 3 is 2.78 bits per heavy atom. The molecule has 0 saturated heterocycles. The molecule has 1 aromatic heterocycles. The van der Waals surface area contributed by atoms with Gasteiger partial charge in [0.2, 0.25) is 6.39 Å². The van der Waals surface area contributed by atoms with Gasteiger partial charge in [-0.1, -0.05) is 21.1 Å². The number of hydrogen-bond donors (Lipinski definition) is 1. The Kier molecular flexibility index (Phi) is 5.16. The molecule has 1 N–H and O–H groups in total. The van der Waals surface area contributed by atoms with E-state index >= 15 is 0 Å². The van der Waals surface area contributed by atoms with Crippen LogP contribution < -0.4 is 10.1 Å². The van der Waals surface area contributed by atoms with Crippen molar-refractivity contribution in [1.29, 1.82) is 0 Å². The van der Waals surface area contributed by atoms with Crippen molar-refractivity contribution in [2.24, 2.45) is 0 Å². The summed E-state index contributed by atoms with van der Waals surface area (Å²) in [4.78, 5) is 3.94. The summed E-state index contributed by atoms with van der Waals surface area (Å²) in [6, 6.07) is 7.78. The summed E-state index contributed by atoms with van der Waals surface area (Å²) < 4.78 is 11.3. The number of halogens is 1. The van der Waals surface area contributed by atoms with Gasteiger partial charge < -0.3 is 14.6 Å². The number of hydrogen-bond acceptors (Lipinski definition) is 5. The molecule has 0 aliphatic carbocycles. The molecule has 0 radical (unpaired) electrons. The largest absolute Gasteiger partial charge is 0.492 e. The van der Waals surface area contributed by atoms with Gasteiger partial charge >= 0.3 is 0 Å². The zero-order valence-electron chi connectivity index (χ0n) is 9.80. The Balaban J connectivity index is 1.55. The van der Waals surface area contributed by atoms with E-state index in [2.05, 4.69) is 35.9 Å². The summed E-state index contributed by atoms with van der Waals surface area (Å²) in [5.74, 6) is 1.59. The SMILES string of the molecule is Brc1ccc(OCCNCCc2ncon2)cc1. The van der Waals surface area contributed by atoms with E-state index in [1.54, 1.807) is 0 Å². The Hall–Kier alpha value is -1.40. The first-order valence-corrected chi connectivity index (χ1v) is 6.48. The summed E-state index contributed by atoms with van der Waals surface area (Å²) in [5.41, 5.74) is 0. The molecule has 0 fully saturated rings. The van der Waals surface area contributed by atoms with E-state index in [0.717, 1.165) is 35.6 Å². The Morgan fingerprint density at radius 1 is 1.22 bits per heavy atom. The smallest absolute Gasteiger partial charge is 0.213 e. The molecule has 96 valence electrons. The minimum absolute atomic E-state index is 0.633. The molecule has 2 rings (SSSR count). The summed E-state index contributed by atoms with van der Waals surface area (Å²) in [5, 5.41) is 6.98. The molecule has 2 aromatic rings. The molecule has 1 heterocycles. The molecule has 6 heteroatoms. The van der Waals surface area contributed by atoms with Crippen LogP contribution in [0.15, 0.2) is 39.7 Å². The Morgan fingerprint density at radius 2 is 2.06 bits per heavy atom. The second-order valence-electron chi connectivity index (χ2n) is 3.65. The van der Waals surface area contributed by atoms with Gasteiger partial charge in [-0.05, 0) is 24.3 Å². The van der Waals surface area contributed by atoms with Crippen LogP contribution in [0.25, 0.3) is 0 Å². The zero-order valence-corrected chi connectivity index (χ0v) is 11.4. The first-order chi connectivity index (χ1) is 8.84. The lowest BCUT2D eigenvalue weighted by atomic mass is 10.3. The Labute approximate surface area is 114 Å². The van der Waals surface area contributed by atoms with Crippen LogP contribution in [0.4, 0.5) is 0 Å². The van der Waals surface area contributed by atoms with Crippen molar-refractivity contribution >= 4 is 15.9 Å². The molecule has 0 unspecified atom stereocenters. The molecule has 1 aromatic carbocycles. The van der Waals surface area contributed by atoms with Crippen LogP contribution in [-0.2, 0) is 6.42 Å². The number of benzene rings is 1. The monoisotopic (exact) mass is 311 g/mol. The summed E-state index contributed by atoms with van der Waals surface area (Å²) in [6.07, 6.45) is 2.10. The topological polar surface area (TPSA) is 60.2 Å². The molecule has 0 atom stereocenters. The van der Waals surface area contributed by atoms with Gasteiger partial charge in [-0.3, -0.25) is 0 Å². The molecular weight excluding hydrogens is 298 g/mol. The first-order valence-electron chi connectivity index (χ1n) is 5.69. The molecule has 0 aliphatic heterocycles. The highest BCUT2D eigenvalue weighted by Crippen LogP contribution is 2.15. The van der Waals surface area contributed by atoms with Crippen molar-refractivity contribution in [3.05, 3.63) is 41.0 Å². The highest BCUT2D eigenvalue weighted by molar-refractivity contribution is 9.10. The number of rotatable bonds is 7. The average molecular weight is 312 g/mol. The normalized spacial score (nSPS) is 10.5. The van der Waals surface area contributed by atoms with E-state index in [1.807, 2.05) is 24.3 Å². The van der Waals surface area contributed by atoms with E-state index in [-0.39, 0.29) is 0 Å². The highest BCUT2D eigenvalue weighted by atomic mass is 79.9. The molecule has 0 saturated carbocycles. The third-order valence-corrected chi connectivity index (χ3v) is 2.82. The fraction of sp³-hybridized carbons (Fsp3) is 0.333. The standard InChI is InChI=1S/C12H14BrN3O2/c13-10-1-3-11(4-2-10)17-8-7-14-6-5-12-15-9-18-16-12/h1-4,9,14H,5-8H2. The number of nitrogens with zero attached hydrogens (tertiary/aromatic N) is 2. The fourth-order valence-electron chi connectivity index (χ4n) is 1.40. The third kappa shape index (κ3) is 4.46. The maximum Gasteiger partial charge on any atom is 0.213 e. The molecule has 18 heavy (non-hydrogen) atoms. The van der Waals surface area contributed by atoms with Gasteiger partial charge in [-0.15, -0.1) is 0 Å².